The zero-order chi connectivity index (χ0) is 20.3. The topological polar surface area (TPSA) is 74.8 Å². The third-order valence-corrected chi connectivity index (χ3v) is 5.23. The first-order chi connectivity index (χ1) is 14.2. The minimum atomic E-state index is -0.421. The van der Waals surface area contributed by atoms with E-state index in [1.807, 2.05) is 41.7 Å². The summed E-state index contributed by atoms with van der Waals surface area (Å²) >= 11 is 0. The maximum absolute atomic E-state index is 12.3. The van der Waals surface area contributed by atoms with Crippen molar-refractivity contribution in [3.63, 3.8) is 0 Å². The first-order valence-electron chi connectivity index (χ1n) is 10.4. The molecule has 0 aliphatic heterocycles. The number of nitrogens with two attached hydrogens (primary N) is 1. The van der Waals surface area contributed by atoms with Crippen LogP contribution in [-0.2, 0) is 4.79 Å². The van der Waals surface area contributed by atoms with Crippen LogP contribution in [0.1, 0.15) is 49.3 Å². The molecule has 152 valence electrons. The van der Waals surface area contributed by atoms with E-state index in [1.54, 1.807) is 0 Å². The SMILES string of the molecule is O=C(C[NH2+]C(c1ccccc1)c1ccccc1)NC(=O)NCCC1=CCCCC1. The molecule has 0 fully saturated rings. The van der Waals surface area contributed by atoms with Crippen LogP contribution in [0.5, 0.6) is 0 Å². The van der Waals surface area contributed by atoms with Gasteiger partial charge in [0, 0.05) is 17.7 Å². The average molecular weight is 393 g/mol. The molecule has 5 nitrogen and oxygen atoms in total. The van der Waals surface area contributed by atoms with Crippen LogP contribution in [0.25, 0.3) is 0 Å². The van der Waals surface area contributed by atoms with Crippen molar-refractivity contribution in [1.82, 2.24) is 10.6 Å². The van der Waals surface area contributed by atoms with Crippen LogP contribution >= 0.6 is 0 Å². The summed E-state index contributed by atoms with van der Waals surface area (Å²) in [5.74, 6) is -0.295. The fourth-order valence-electron chi connectivity index (χ4n) is 3.70. The monoisotopic (exact) mass is 392 g/mol. The Hall–Kier alpha value is -2.92. The van der Waals surface area contributed by atoms with Crippen molar-refractivity contribution in [3.8, 4) is 0 Å². The van der Waals surface area contributed by atoms with Crippen molar-refractivity contribution in [3.05, 3.63) is 83.4 Å². The lowest BCUT2D eigenvalue weighted by molar-refractivity contribution is -0.676. The first kappa shape index (κ1) is 20.8. The number of imide groups is 1. The number of allylic oxidation sites excluding steroid dienone is 1. The molecule has 2 aromatic rings. The second kappa shape index (κ2) is 11.2. The molecule has 29 heavy (non-hydrogen) atoms. The Morgan fingerprint density at radius 1 is 0.931 bits per heavy atom. The number of rotatable bonds is 8. The highest BCUT2D eigenvalue weighted by Gasteiger charge is 2.19. The molecule has 0 bridgehead atoms. The maximum atomic E-state index is 12.3. The van der Waals surface area contributed by atoms with E-state index in [-0.39, 0.29) is 18.5 Å². The highest BCUT2D eigenvalue weighted by Crippen LogP contribution is 2.19. The Balaban J connectivity index is 1.47. The van der Waals surface area contributed by atoms with Gasteiger partial charge in [0.25, 0.3) is 5.91 Å². The van der Waals surface area contributed by atoms with Gasteiger partial charge < -0.3 is 10.6 Å². The van der Waals surface area contributed by atoms with Crippen LogP contribution in [0, 0.1) is 0 Å². The Kier molecular flexibility index (Phi) is 8.01. The molecular weight excluding hydrogens is 362 g/mol. The number of hydrogen-bond acceptors (Lipinski definition) is 2. The van der Waals surface area contributed by atoms with E-state index < -0.39 is 6.03 Å². The van der Waals surface area contributed by atoms with Crippen LogP contribution in [0.2, 0.25) is 0 Å². The molecule has 2 aromatic carbocycles. The third-order valence-electron chi connectivity index (χ3n) is 5.23. The molecule has 0 saturated heterocycles. The van der Waals surface area contributed by atoms with Gasteiger partial charge in [0.2, 0.25) is 0 Å². The van der Waals surface area contributed by atoms with Gasteiger partial charge in [-0.2, -0.15) is 0 Å². The van der Waals surface area contributed by atoms with Gasteiger partial charge in [-0.05, 0) is 32.1 Å². The summed E-state index contributed by atoms with van der Waals surface area (Å²) in [5.41, 5.74) is 3.65. The number of hydrogen-bond donors (Lipinski definition) is 3. The molecule has 1 aliphatic carbocycles. The summed E-state index contributed by atoms with van der Waals surface area (Å²) in [4.78, 5) is 24.3. The Labute approximate surface area is 172 Å². The fourth-order valence-corrected chi connectivity index (χ4v) is 3.70. The number of amides is 3. The lowest BCUT2D eigenvalue weighted by Crippen LogP contribution is -2.88. The first-order valence-corrected chi connectivity index (χ1v) is 10.4. The zero-order valence-corrected chi connectivity index (χ0v) is 16.8. The molecule has 0 heterocycles. The summed E-state index contributed by atoms with van der Waals surface area (Å²) in [6.07, 6.45) is 7.89. The smallest absolute Gasteiger partial charge is 0.321 e. The summed E-state index contributed by atoms with van der Waals surface area (Å²) in [6, 6.07) is 19.7. The van der Waals surface area contributed by atoms with Gasteiger partial charge >= 0.3 is 6.03 Å². The summed E-state index contributed by atoms with van der Waals surface area (Å²) in [7, 11) is 0. The van der Waals surface area contributed by atoms with Crippen molar-refractivity contribution in [2.75, 3.05) is 13.1 Å². The molecule has 0 atom stereocenters. The molecule has 5 heteroatoms. The Morgan fingerprint density at radius 3 is 2.17 bits per heavy atom. The van der Waals surface area contributed by atoms with Gasteiger partial charge in [-0.25, -0.2) is 4.79 Å². The van der Waals surface area contributed by atoms with Crippen molar-refractivity contribution in [1.29, 1.82) is 0 Å². The number of quaternary nitrogens is 1. The number of benzene rings is 2. The van der Waals surface area contributed by atoms with E-state index in [1.165, 1.54) is 18.4 Å². The van der Waals surface area contributed by atoms with Crippen LogP contribution in [-0.4, -0.2) is 25.0 Å². The summed E-state index contributed by atoms with van der Waals surface area (Å²) in [6.45, 7) is 0.734. The minimum absolute atomic E-state index is 0.00412. The lowest BCUT2D eigenvalue weighted by Gasteiger charge is -2.16. The second-order valence-corrected chi connectivity index (χ2v) is 7.40. The van der Waals surface area contributed by atoms with Crippen LogP contribution in [0.4, 0.5) is 4.79 Å². The quantitative estimate of drug-likeness (QED) is 0.604. The molecule has 0 aromatic heterocycles. The van der Waals surface area contributed by atoms with E-state index in [4.69, 9.17) is 0 Å². The van der Waals surface area contributed by atoms with Gasteiger partial charge in [-0.15, -0.1) is 0 Å². The molecule has 3 rings (SSSR count). The largest absolute Gasteiger partial charge is 0.337 e. The van der Waals surface area contributed by atoms with Gasteiger partial charge in [-0.1, -0.05) is 72.3 Å². The normalized spacial score (nSPS) is 13.6. The van der Waals surface area contributed by atoms with Gasteiger partial charge in [-0.3, -0.25) is 10.1 Å². The van der Waals surface area contributed by atoms with Gasteiger partial charge in [0.1, 0.15) is 6.04 Å². The van der Waals surface area contributed by atoms with Crippen LogP contribution in [0.3, 0.4) is 0 Å². The predicted octanol–water partition coefficient (Wildman–Crippen LogP) is 3.06. The average Bonchev–Trinajstić information content (AvgIpc) is 2.76. The zero-order valence-electron chi connectivity index (χ0n) is 16.8. The summed E-state index contributed by atoms with van der Waals surface area (Å²) in [5, 5.41) is 7.18. The molecule has 3 amide bonds. The van der Waals surface area contributed by atoms with E-state index in [0.717, 1.165) is 30.4 Å². The van der Waals surface area contributed by atoms with Crippen molar-refractivity contribution in [2.24, 2.45) is 0 Å². The molecular formula is C24H30N3O2+. The van der Waals surface area contributed by atoms with Gasteiger partial charge in [0.05, 0.1) is 0 Å². The third kappa shape index (κ3) is 6.88. The number of carbonyl (C=O) groups is 2. The number of nitrogens with one attached hydrogen (secondary N) is 2. The van der Waals surface area contributed by atoms with Crippen molar-refractivity contribution < 1.29 is 14.9 Å². The van der Waals surface area contributed by atoms with Crippen molar-refractivity contribution in [2.45, 2.75) is 38.1 Å². The standard InChI is InChI=1S/C24H29N3O2/c28-22(27-24(29)25-17-16-19-10-4-1-5-11-19)18-26-23(20-12-6-2-7-13-20)21-14-8-3-9-15-21/h2-3,6-10,12-15,23,26H,1,4-5,11,16-18H2,(H2,25,27,28,29)/p+1. The molecule has 4 N–H and O–H groups in total. The number of carbonyl (C=O) groups excluding carboxylic acids is 2. The Bertz CT molecular complexity index is 779. The van der Waals surface area contributed by atoms with E-state index in [2.05, 4.69) is 41.0 Å². The molecule has 0 unspecified atom stereocenters. The van der Waals surface area contributed by atoms with Crippen LogP contribution < -0.4 is 16.0 Å². The maximum Gasteiger partial charge on any atom is 0.321 e. The molecule has 0 saturated carbocycles. The fraction of sp³-hybridized carbons (Fsp3) is 0.333. The van der Waals surface area contributed by atoms with Crippen LogP contribution in [0.15, 0.2) is 72.3 Å². The van der Waals surface area contributed by atoms with Gasteiger partial charge in [0.15, 0.2) is 6.54 Å². The minimum Gasteiger partial charge on any atom is -0.337 e. The number of urea groups is 1. The summed E-state index contributed by atoms with van der Waals surface area (Å²) < 4.78 is 0. The van der Waals surface area contributed by atoms with Crippen molar-refractivity contribution >= 4 is 11.9 Å². The molecule has 0 spiro atoms. The molecule has 1 aliphatic rings. The highest BCUT2D eigenvalue weighted by molar-refractivity contribution is 5.94. The van der Waals surface area contributed by atoms with E-state index >= 15 is 0 Å². The lowest BCUT2D eigenvalue weighted by atomic mass is 9.97. The Morgan fingerprint density at radius 2 is 1.59 bits per heavy atom. The molecule has 0 radical (unpaired) electrons. The predicted molar refractivity (Wildman–Crippen MR) is 114 cm³/mol. The highest BCUT2D eigenvalue weighted by atomic mass is 16.2. The van der Waals surface area contributed by atoms with E-state index in [9.17, 15) is 9.59 Å². The second-order valence-electron chi connectivity index (χ2n) is 7.40. The van der Waals surface area contributed by atoms with E-state index in [0.29, 0.717) is 6.54 Å².